The van der Waals surface area contributed by atoms with Crippen LogP contribution in [-0.2, 0) is 9.59 Å². The lowest BCUT2D eigenvalue weighted by Gasteiger charge is -2.35. The third kappa shape index (κ3) is 9.18. The van der Waals surface area contributed by atoms with Crippen LogP contribution in [0.25, 0.3) is 0 Å². The van der Waals surface area contributed by atoms with Crippen LogP contribution in [0, 0.1) is 5.92 Å². The third-order valence-corrected chi connectivity index (χ3v) is 8.24. The minimum absolute atomic E-state index is 0.128. The van der Waals surface area contributed by atoms with Gasteiger partial charge in [-0.2, -0.15) is 0 Å². The van der Waals surface area contributed by atoms with Crippen molar-refractivity contribution in [1.82, 2.24) is 15.1 Å². The first kappa shape index (κ1) is 34.8. The van der Waals surface area contributed by atoms with Crippen molar-refractivity contribution in [2.24, 2.45) is 22.4 Å². The van der Waals surface area contributed by atoms with E-state index < -0.39 is 5.54 Å². The monoisotopic (exact) mass is 616 g/mol. The Morgan fingerprint density at radius 1 is 1.11 bits per heavy atom. The number of anilines is 2. The van der Waals surface area contributed by atoms with Crippen LogP contribution in [0.3, 0.4) is 0 Å². The maximum absolute atomic E-state index is 13.1. The average Bonchev–Trinajstić information content (AvgIpc) is 3.29. The number of nitrogens with one attached hydrogen (secondary N) is 2. The summed E-state index contributed by atoms with van der Waals surface area (Å²) in [6.45, 7) is 10.1. The summed E-state index contributed by atoms with van der Waals surface area (Å²) in [6, 6.07) is 17.4. The van der Waals surface area contributed by atoms with Gasteiger partial charge in [-0.1, -0.05) is 36.9 Å². The first-order chi connectivity index (χ1) is 21.4. The van der Waals surface area contributed by atoms with Gasteiger partial charge in [-0.25, -0.2) is 4.79 Å². The molecule has 0 aromatic heterocycles. The van der Waals surface area contributed by atoms with E-state index >= 15 is 0 Å². The number of urea groups is 1. The van der Waals surface area contributed by atoms with Crippen molar-refractivity contribution in [3.63, 3.8) is 0 Å². The number of aliphatic imine (C=N–C) groups is 1. The van der Waals surface area contributed by atoms with E-state index in [1.165, 1.54) is 6.08 Å². The van der Waals surface area contributed by atoms with E-state index in [4.69, 9.17) is 11.5 Å². The number of benzene rings is 2. The minimum atomic E-state index is -0.631. The summed E-state index contributed by atoms with van der Waals surface area (Å²) in [7, 11) is 5.59. The molecule has 0 radical (unpaired) electrons. The van der Waals surface area contributed by atoms with Crippen molar-refractivity contribution in [2.45, 2.75) is 38.3 Å². The lowest BCUT2D eigenvalue weighted by molar-refractivity contribution is -0.112. The molecule has 0 bridgehead atoms. The van der Waals surface area contributed by atoms with E-state index in [-0.39, 0.29) is 23.9 Å². The van der Waals surface area contributed by atoms with Crippen LogP contribution < -0.4 is 27.0 Å². The first-order valence-electron chi connectivity index (χ1n) is 15.1. The summed E-state index contributed by atoms with van der Waals surface area (Å²) in [5, 5.41) is 5.86. The third-order valence-electron chi connectivity index (χ3n) is 8.24. The van der Waals surface area contributed by atoms with Crippen LogP contribution in [0.15, 0.2) is 83.5 Å². The minimum Gasteiger partial charge on any atom is -0.400 e. The lowest BCUT2D eigenvalue weighted by atomic mass is 9.98. The van der Waals surface area contributed by atoms with Crippen LogP contribution in [0.1, 0.15) is 38.3 Å². The number of aldehydes is 1. The Morgan fingerprint density at radius 3 is 2.27 bits per heavy atom. The van der Waals surface area contributed by atoms with Gasteiger partial charge < -0.3 is 41.6 Å². The van der Waals surface area contributed by atoms with Gasteiger partial charge in [0.05, 0.1) is 18.1 Å². The van der Waals surface area contributed by atoms with E-state index in [9.17, 15) is 14.4 Å². The molecule has 4 rings (SSSR count). The van der Waals surface area contributed by atoms with Crippen LogP contribution in [-0.4, -0.2) is 86.7 Å². The molecule has 1 atom stereocenters. The van der Waals surface area contributed by atoms with Gasteiger partial charge in [0.15, 0.2) is 0 Å². The molecule has 11 heteroatoms. The Morgan fingerprint density at radius 2 is 1.73 bits per heavy atom. The van der Waals surface area contributed by atoms with Crippen LogP contribution in [0.4, 0.5) is 16.2 Å². The summed E-state index contributed by atoms with van der Waals surface area (Å²) in [5.41, 5.74) is 15.8. The highest BCUT2D eigenvalue weighted by molar-refractivity contribution is 6.00. The Balaban J connectivity index is 0.000000257. The molecule has 0 spiro atoms. The SMILES string of the molecule is C=CC(=O)Nc1ccc(N2CCC(C=O)CC2)cc1.CN=C(N)C1=C(N)C(C)(C)N(C(=O)NC(CN(C)C)c2ccccc2)C1. The first-order valence-corrected chi connectivity index (χ1v) is 15.1. The largest absolute Gasteiger partial charge is 0.400 e. The molecule has 1 unspecified atom stereocenters. The number of nitrogens with zero attached hydrogens (tertiary/aromatic N) is 4. The summed E-state index contributed by atoms with van der Waals surface area (Å²) in [5.74, 6) is 0.376. The second kappa shape index (κ2) is 15.9. The normalized spacial score (nSPS) is 17.3. The zero-order chi connectivity index (χ0) is 33.1. The molecule has 6 N–H and O–H groups in total. The predicted molar refractivity (Wildman–Crippen MR) is 182 cm³/mol. The second-order valence-corrected chi connectivity index (χ2v) is 12.0. The van der Waals surface area contributed by atoms with Crippen molar-refractivity contribution in [3.8, 4) is 0 Å². The van der Waals surface area contributed by atoms with Gasteiger partial charge in [-0.05, 0) is 76.7 Å². The van der Waals surface area contributed by atoms with E-state index in [0.29, 0.717) is 24.6 Å². The lowest BCUT2D eigenvalue weighted by Crippen LogP contribution is -2.52. The topological polar surface area (TPSA) is 149 Å². The standard InChI is InChI=1S/C19H30N6O.C15H18N2O2/c1-19(2)16(20)14(17(21)22-3)11-25(19)18(26)23-15(12-24(4)5)13-9-7-6-8-10-13;1-2-15(19)16-13-3-5-14(6-4-13)17-9-7-12(11-18)8-10-17/h6-10,15H,11-12,20H2,1-5H3,(H2,21,22)(H,23,26);2-6,11-12H,1,7-10H2,(H,16,19). The fourth-order valence-electron chi connectivity index (χ4n) is 5.39. The van der Waals surface area contributed by atoms with E-state index in [0.717, 1.165) is 54.7 Å². The van der Waals surface area contributed by atoms with Gasteiger partial charge in [-0.15, -0.1) is 0 Å². The molecule has 1 fully saturated rings. The molecule has 2 aromatic rings. The van der Waals surface area contributed by atoms with Gasteiger partial charge in [0.25, 0.3) is 0 Å². The maximum Gasteiger partial charge on any atom is 0.318 e. The Hall–Kier alpha value is -4.64. The molecule has 45 heavy (non-hydrogen) atoms. The summed E-state index contributed by atoms with van der Waals surface area (Å²) < 4.78 is 0. The number of likely N-dealkylation sites (N-methyl/N-ethyl adjacent to an activating group) is 1. The Kier molecular flexibility index (Phi) is 12.3. The molecule has 2 aromatic carbocycles. The van der Waals surface area contributed by atoms with Crippen molar-refractivity contribution >= 4 is 35.4 Å². The van der Waals surface area contributed by atoms with E-state index in [1.807, 2.05) is 87.4 Å². The highest BCUT2D eigenvalue weighted by Crippen LogP contribution is 2.32. The molecular formula is C34H48N8O3. The molecule has 242 valence electrons. The second-order valence-electron chi connectivity index (χ2n) is 12.0. The van der Waals surface area contributed by atoms with E-state index in [2.05, 4.69) is 27.1 Å². The Labute approximate surface area is 267 Å². The van der Waals surface area contributed by atoms with Crippen LogP contribution in [0.2, 0.25) is 0 Å². The number of hydrogen-bond acceptors (Lipinski definition) is 7. The van der Waals surface area contributed by atoms with Crippen LogP contribution in [0.5, 0.6) is 0 Å². The number of carbonyl (C=O) groups is 3. The fraction of sp³-hybridized carbons (Fsp3) is 0.412. The smallest absolute Gasteiger partial charge is 0.318 e. The fourth-order valence-corrected chi connectivity index (χ4v) is 5.39. The van der Waals surface area contributed by atoms with Crippen molar-refractivity contribution < 1.29 is 14.4 Å². The quantitative estimate of drug-likeness (QED) is 0.146. The molecule has 2 aliphatic heterocycles. The van der Waals surface area contributed by atoms with Gasteiger partial charge in [0, 0.05) is 55.2 Å². The number of carbonyl (C=O) groups excluding carboxylic acids is 3. The molecule has 2 aliphatic rings. The van der Waals surface area contributed by atoms with Crippen LogP contribution >= 0.6 is 0 Å². The molecular weight excluding hydrogens is 568 g/mol. The summed E-state index contributed by atoms with van der Waals surface area (Å²) >= 11 is 0. The van der Waals surface area contributed by atoms with Gasteiger partial charge in [-0.3, -0.25) is 9.79 Å². The van der Waals surface area contributed by atoms with Gasteiger partial charge >= 0.3 is 6.03 Å². The van der Waals surface area contributed by atoms with E-state index in [1.54, 1.807) is 11.9 Å². The van der Waals surface area contributed by atoms with Gasteiger partial charge in [0.2, 0.25) is 5.91 Å². The number of amides is 3. The number of hydrogen-bond donors (Lipinski definition) is 4. The number of nitrogens with two attached hydrogens (primary N) is 2. The molecule has 0 saturated carbocycles. The van der Waals surface area contributed by atoms with Crippen molar-refractivity contribution in [3.05, 3.63) is 84.1 Å². The van der Waals surface area contributed by atoms with Crippen molar-refractivity contribution in [2.75, 3.05) is 57.5 Å². The Bertz CT molecular complexity index is 1380. The summed E-state index contributed by atoms with van der Waals surface area (Å²) in [4.78, 5) is 45.0. The number of amidine groups is 1. The maximum atomic E-state index is 13.1. The molecule has 0 aliphatic carbocycles. The predicted octanol–water partition coefficient (Wildman–Crippen LogP) is 3.52. The average molecular weight is 617 g/mol. The number of piperidine rings is 1. The number of rotatable bonds is 9. The molecule has 3 amide bonds. The van der Waals surface area contributed by atoms with Gasteiger partial charge in [0.1, 0.15) is 12.1 Å². The molecule has 1 saturated heterocycles. The highest BCUT2D eigenvalue weighted by Gasteiger charge is 2.42. The molecule has 11 nitrogen and oxygen atoms in total. The molecule has 2 heterocycles. The summed E-state index contributed by atoms with van der Waals surface area (Å²) in [6.07, 6.45) is 4.14. The van der Waals surface area contributed by atoms with Crippen molar-refractivity contribution in [1.29, 1.82) is 0 Å². The zero-order valence-corrected chi connectivity index (χ0v) is 27.1. The zero-order valence-electron chi connectivity index (χ0n) is 27.1. The highest BCUT2D eigenvalue weighted by atomic mass is 16.2.